The van der Waals surface area contributed by atoms with Gasteiger partial charge >= 0.3 is 17.9 Å². The van der Waals surface area contributed by atoms with Crippen LogP contribution in [-0.2, 0) is 28.6 Å². The zero-order valence-electron chi connectivity index (χ0n) is 31.2. The van der Waals surface area contributed by atoms with Crippen LogP contribution >= 0.6 is 0 Å². The summed E-state index contributed by atoms with van der Waals surface area (Å²) < 4.78 is 16.6. The number of hydrogen-bond donors (Lipinski definition) is 0. The Hall–Kier alpha value is -1.59. The summed E-state index contributed by atoms with van der Waals surface area (Å²) in [6.45, 7) is 11.2. The first-order valence-corrected chi connectivity index (χ1v) is 19.8. The Kier molecular flexibility index (Phi) is 32.2. The fourth-order valence-electron chi connectivity index (χ4n) is 5.66. The van der Waals surface area contributed by atoms with Gasteiger partial charge in [-0.05, 0) is 31.1 Å². The lowest BCUT2D eigenvalue weighted by molar-refractivity contribution is -0.167. The minimum absolute atomic E-state index is 0.0676. The molecule has 0 aliphatic carbocycles. The molecule has 6 heteroatoms. The van der Waals surface area contributed by atoms with Gasteiger partial charge in [-0.2, -0.15) is 0 Å². The normalized spacial score (nSPS) is 12.7. The van der Waals surface area contributed by atoms with Crippen LogP contribution in [0.5, 0.6) is 0 Å². The highest BCUT2D eigenvalue weighted by Gasteiger charge is 2.19. The van der Waals surface area contributed by atoms with Crippen LogP contribution in [0.4, 0.5) is 0 Å². The van der Waals surface area contributed by atoms with Gasteiger partial charge in [0.05, 0.1) is 0 Å². The van der Waals surface area contributed by atoms with Gasteiger partial charge < -0.3 is 14.2 Å². The summed E-state index contributed by atoms with van der Waals surface area (Å²) >= 11 is 0. The fourth-order valence-corrected chi connectivity index (χ4v) is 5.66. The summed E-state index contributed by atoms with van der Waals surface area (Å²) in [4.78, 5) is 37.4. The second-order valence-electron chi connectivity index (χ2n) is 14.3. The van der Waals surface area contributed by atoms with Crippen molar-refractivity contribution in [3.8, 4) is 0 Å². The van der Waals surface area contributed by atoms with Crippen molar-refractivity contribution >= 4 is 17.9 Å². The molecular formula is C40H76O6. The lowest BCUT2D eigenvalue weighted by Gasteiger charge is -2.18. The Morgan fingerprint density at radius 3 is 1.24 bits per heavy atom. The molecule has 0 amide bonds. The molecule has 0 spiro atoms. The number of carbonyl (C=O) groups is 3. The number of carbonyl (C=O) groups excluding carboxylic acids is 3. The van der Waals surface area contributed by atoms with E-state index in [0.717, 1.165) is 69.6 Å². The third-order valence-corrected chi connectivity index (χ3v) is 9.08. The first-order valence-electron chi connectivity index (χ1n) is 19.8. The van der Waals surface area contributed by atoms with E-state index >= 15 is 0 Å². The molecule has 0 radical (unpaired) electrons. The molecule has 0 aromatic heterocycles. The predicted octanol–water partition coefficient (Wildman–Crippen LogP) is 11.8. The van der Waals surface area contributed by atoms with Gasteiger partial charge in [-0.3, -0.25) is 14.4 Å². The Labute approximate surface area is 285 Å². The lowest BCUT2D eigenvalue weighted by atomic mass is 10.00. The van der Waals surface area contributed by atoms with Crippen molar-refractivity contribution < 1.29 is 28.6 Å². The second-order valence-corrected chi connectivity index (χ2v) is 14.3. The van der Waals surface area contributed by atoms with Crippen molar-refractivity contribution in [1.82, 2.24) is 0 Å². The van der Waals surface area contributed by atoms with Crippen LogP contribution in [0.15, 0.2) is 0 Å². The highest BCUT2D eigenvalue weighted by Crippen LogP contribution is 2.16. The topological polar surface area (TPSA) is 78.9 Å². The van der Waals surface area contributed by atoms with Gasteiger partial charge in [0.25, 0.3) is 0 Å². The molecule has 272 valence electrons. The number of unbranched alkanes of at least 4 members (excludes halogenated alkanes) is 18. The molecule has 0 bridgehead atoms. The van der Waals surface area contributed by atoms with Crippen molar-refractivity contribution in [2.45, 2.75) is 214 Å². The standard InChI is InChI=1S/C40H76O6/c1-6-8-9-10-11-12-13-20-25-30-38(41)44-33-37(34-45-39(42)31-26-21-16-14-18-23-28-35(3)4)46-40(43)32-27-22-17-15-19-24-29-36(5)7-2/h35-37H,6-34H2,1-5H3/t36?,37-/m0/s1. The summed E-state index contributed by atoms with van der Waals surface area (Å²) in [6.07, 6.45) is 28.2. The summed E-state index contributed by atoms with van der Waals surface area (Å²) in [7, 11) is 0. The average molecular weight is 653 g/mol. The van der Waals surface area contributed by atoms with Gasteiger partial charge in [-0.15, -0.1) is 0 Å². The molecule has 0 aromatic rings. The van der Waals surface area contributed by atoms with E-state index in [4.69, 9.17) is 14.2 Å². The highest BCUT2D eigenvalue weighted by molar-refractivity contribution is 5.71. The van der Waals surface area contributed by atoms with E-state index in [-0.39, 0.29) is 31.1 Å². The Balaban J connectivity index is 4.38. The van der Waals surface area contributed by atoms with Crippen molar-refractivity contribution in [3.05, 3.63) is 0 Å². The molecule has 0 rings (SSSR count). The fraction of sp³-hybridized carbons (Fsp3) is 0.925. The molecule has 6 nitrogen and oxygen atoms in total. The van der Waals surface area contributed by atoms with Crippen molar-refractivity contribution in [1.29, 1.82) is 0 Å². The Morgan fingerprint density at radius 1 is 0.457 bits per heavy atom. The van der Waals surface area contributed by atoms with Crippen molar-refractivity contribution in [3.63, 3.8) is 0 Å². The highest BCUT2D eigenvalue weighted by atomic mass is 16.6. The SMILES string of the molecule is CCCCCCCCCCCC(=O)OC[C@@H](COC(=O)CCCCCCCCC(C)C)OC(=O)CCCCCCCCC(C)CC. The first kappa shape index (κ1) is 44.4. The zero-order chi connectivity index (χ0) is 34.1. The largest absolute Gasteiger partial charge is 0.462 e. The maximum absolute atomic E-state index is 12.6. The Morgan fingerprint density at radius 2 is 0.826 bits per heavy atom. The minimum atomic E-state index is -0.759. The van der Waals surface area contributed by atoms with Gasteiger partial charge in [0.2, 0.25) is 0 Å². The summed E-state index contributed by atoms with van der Waals surface area (Å²) in [5, 5.41) is 0. The average Bonchev–Trinajstić information content (AvgIpc) is 3.03. The zero-order valence-corrected chi connectivity index (χ0v) is 31.2. The van der Waals surface area contributed by atoms with Gasteiger partial charge in [-0.1, -0.05) is 169 Å². The molecule has 0 saturated heterocycles. The summed E-state index contributed by atoms with van der Waals surface area (Å²) in [6, 6.07) is 0. The summed E-state index contributed by atoms with van der Waals surface area (Å²) in [5.41, 5.74) is 0. The smallest absolute Gasteiger partial charge is 0.306 e. The van der Waals surface area contributed by atoms with E-state index in [1.807, 2.05) is 0 Å². The van der Waals surface area contributed by atoms with Gasteiger partial charge in [-0.25, -0.2) is 0 Å². The first-order chi connectivity index (χ1) is 22.3. The molecule has 0 heterocycles. The van der Waals surface area contributed by atoms with Crippen LogP contribution in [0.2, 0.25) is 0 Å². The van der Waals surface area contributed by atoms with Gasteiger partial charge in [0.1, 0.15) is 13.2 Å². The molecule has 0 aromatic carbocycles. The predicted molar refractivity (Wildman–Crippen MR) is 192 cm³/mol. The lowest BCUT2D eigenvalue weighted by Crippen LogP contribution is -2.30. The van der Waals surface area contributed by atoms with E-state index in [2.05, 4.69) is 34.6 Å². The molecule has 0 aliphatic rings. The van der Waals surface area contributed by atoms with E-state index in [0.29, 0.717) is 19.3 Å². The molecule has 0 fully saturated rings. The van der Waals surface area contributed by atoms with Crippen LogP contribution in [0.3, 0.4) is 0 Å². The maximum atomic E-state index is 12.6. The molecule has 1 unspecified atom stereocenters. The Bertz CT molecular complexity index is 706. The molecule has 2 atom stereocenters. The van der Waals surface area contributed by atoms with E-state index in [1.54, 1.807) is 0 Å². The summed E-state index contributed by atoms with van der Waals surface area (Å²) in [5.74, 6) is 0.697. The van der Waals surface area contributed by atoms with Crippen LogP contribution in [0.25, 0.3) is 0 Å². The number of hydrogen-bond acceptors (Lipinski definition) is 6. The van der Waals surface area contributed by atoms with Crippen LogP contribution in [-0.4, -0.2) is 37.2 Å². The molecular weight excluding hydrogens is 576 g/mol. The van der Waals surface area contributed by atoms with E-state index in [9.17, 15) is 14.4 Å². The van der Waals surface area contributed by atoms with Crippen LogP contribution in [0.1, 0.15) is 208 Å². The molecule has 0 saturated carbocycles. The number of ether oxygens (including phenoxy) is 3. The second kappa shape index (κ2) is 33.3. The maximum Gasteiger partial charge on any atom is 0.306 e. The number of rotatable bonds is 34. The van der Waals surface area contributed by atoms with E-state index < -0.39 is 6.10 Å². The van der Waals surface area contributed by atoms with Crippen molar-refractivity contribution in [2.24, 2.45) is 11.8 Å². The van der Waals surface area contributed by atoms with Crippen molar-refractivity contribution in [2.75, 3.05) is 13.2 Å². The third-order valence-electron chi connectivity index (χ3n) is 9.08. The quantitative estimate of drug-likeness (QED) is 0.0391. The molecule has 0 aliphatic heterocycles. The third kappa shape index (κ3) is 32.4. The molecule has 46 heavy (non-hydrogen) atoms. The van der Waals surface area contributed by atoms with Gasteiger partial charge in [0.15, 0.2) is 6.10 Å². The van der Waals surface area contributed by atoms with E-state index in [1.165, 1.54) is 96.3 Å². The van der Waals surface area contributed by atoms with Crippen LogP contribution in [0, 0.1) is 11.8 Å². The molecule has 0 N–H and O–H groups in total. The minimum Gasteiger partial charge on any atom is -0.462 e. The van der Waals surface area contributed by atoms with Gasteiger partial charge in [0, 0.05) is 19.3 Å². The number of esters is 3. The monoisotopic (exact) mass is 653 g/mol. The van der Waals surface area contributed by atoms with Crippen LogP contribution < -0.4 is 0 Å².